The monoisotopic (exact) mass is 161 g/mol. The highest BCUT2D eigenvalue weighted by atomic mass is 32.2. The number of carboxylic acid groups (broad SMARTS) is 1. The van der Waals surface area contributed by atoms with Crippen LogP contribution in [0.1, 0.15) is 0 Å². The second kappa shape index (κ2) is 3.43. The first-order valence-electron chi connectivity index (χ1n) is 1.85. The first-order chi connectivity index (χ1) is 4.09. The van der Waals surface area contributed by atoms with Crippen molar-refractivity contribution in [3.63, 3.8) is 0 Å². The van der Waals surface area contributed by atoms with E-state index in [9.17, 15) is 4.79 Å². The average molecular weight is 161 g/mol. The summed E-state index contributed by atoms with van der Waals surface area (Å²) in [4.78, 5) is 9.99. The van der Waals surface area contributed by atoms with E-state index in [0.29, 0.717) is 0 Å². The molecular weight excluding hydrogens is 158 g/mol. The molecule has 0 heterocycles. The summed E-state index contributed by atoms with van der Waals surface area (Å²) in [6, 6.07) is 1.43. The molecule has 0 aromatic heterocycles. The third-order valence-electron chi connectivity index (χ3n) is 0.549. The first kappa shape index (κ1) is 8.40. The SMILES string of the molecule is N#CC(C(=O)O)=C(S)S. The van der Waals surface area contributed by atoms with E-state index < -0.39 is 11.5 Å². The van der Waals surface area contributed by atoms with Crippen molar-refractivity contribution < 1.29 is 9.90 Å². The molecule has 0 radical (unpaired) electrons. The van der Waals surface area contributed by atoms with Crippen LogP contribution in [-0.4, -0.2) is 11.1 Å². The van der Waals surface area contributed by atoms with Crippen molar-refractivity contribution in [2.24, 2.45) is 0 Å². The molecule has 5 heteroatoms. The molecule has 0 aliphatic heterocycles. The van der Waals surface area contributed by atoms with Crippen LogP contribution < -0.4 is 0 Å². The number of hydrogen-bond acceptors (Lipinski definition) is 4. The van der Waals surface area contributed by atoms with Gasteiger partial charge in [0.1, 0.15) is 6.07 Å². The maximum Gasteiger partial charge on any atom is 0.348 e. The molecule has 0 unspecified atom stereocenters. The zero-order valence-electron chi connectivity index (χ0n) is 4.20. The van der Waals surface area contributed by atoms with Gasteiger partial charge in [-0.1, -0.05) is 0 Å². The quantitative estimate of drug-likeness (QED) is 0.301. The molecular formula is C4H3NO2S2. The fraction of sp³-hybridized carbons (Fsp3) is 0. The van der Waals surface area contributed by atoms with Crippen molar-refractivity contribution in [1.29, 1.82) is 5.26 Å². The van der Waals surface area contributed by atoms with E-state index in [1.54, 1.807) is 0 Å². The van der Waals surface area contributed by atoms with Crippen LogP contribution >= 0.6 is 25.3 Å². The lowest BCUT2D eigenvalue weighted by molar-refractivity contribution is -0.132. The summed E-state index contributed by atoms with van der Waals surface area (Å²) in [5, 5.41) is 16.2. The largest absolute Gasteiger partial charge is 0.477 e. The first-order valence-corrected chi connectivity index (χ1v) is 2.74. The lowest BCUT2D eigenvalue weighted by atomic mass is 10.3. The minimum atomic E-state index is -1.31. The van der Waals surface area contributed by atoms with Crippen molar-refractivity contribution >= 4 is 31.2 Å². The van der Waals surface area contributed by atoms with E-state index in [-0.39, 0.29) is 4.24 Å². The van der Waals surface area contributed by atoms with E-state index >= 15 is 0 Å². The average Bonchev–Trinajstić information content (AvgIpc) is 1.64. The molecule has 0 saturated heterocycles. The van der Waals surface area contributed by atoms with Crippen LogP contribution in [0.25, 0.3) is 0 Å². The molecule has 0 aliphatic rings. The summed E-state index contributed by atoms with van der Waals surface area (Å²) in [7, 11) is 0. The van der Waals surface area contributed by atoms with Crippen molar-refractivity contribution in [3.8, 4) is 6.07 Å². The number of carbonyl (C=O) groups is 1. The Morgan fingerprint density at radius 2 is 2.00 bits per heavy atom. The topological polar surface area (TPSA) is 61.1 Å². The molecule has 0 fully saturated rings. The van der Waals surface area contributed by atoms with Gasteiger partial charge in [-0.25, -0.2) is 4.79 Å². The van der Waals surface area contributed by atoms with Gasteiger partial charge in [0.2, 0.25) is 0 Å². The van der Waals surface area contributed by atoms with E-state index in [2.05, 4.69) is 25.3 Å². The number of nitrogens with zero attached hydrogens (tertiary/aromatic N) is 1. The van der Waals surface area contributed by atoms with E-state index in [4.69, 9.17) is 10.4 Å². The highest BCUT2D eigenvalue weighted by Gasteiger charge is 2.07. The molecule has 3 nitrogen and oxygen atoms in total. The number of thiol groups is 2. The Hall–Kier alpha value is -0.600. The number of rotatable bonds is 1. The highest BCUT2D eigenvalue weighted by molar-refractivity contribution is 8.05. The molecule has 0 amide bonds. The van der Waals surface area contributed by atoms with Crippen LogP contribution in [0.15, 0.2) is 9.81 Å². The summed E-state index contributed by atoms with van der Waals surface area (Å²) in [5.74, 6) is -1.31. The summed E-state index contributed by atoms with van der Waals surface area (Å²) in [6.45, 7) is 0. The second-order valence-electron chi connectivity index (χ2n) is 1.12. The van der Waals surface area contributed by atoms with Gasteiger partial charge in [0.25, 0.3) is 0 Å². The summed E-state index contributed by atoms with van der Waals surface area (Å²) < 4.78 is -0.0787. The maximum absolute atomic E-state index is 9.99. The lowest BCUT2D eigenvalue weighted by Crippen LogP contribution is -1.97. The van der Waals surface area contributed by atoms with Crippen LogP contribution in [0.4, 0.5) is 0 Å². The minimum absolute atomic E-state index is 0.0787. The van der Waals surface area contributed by atoms with Crippen LogP contribution in [0, 0.1) is 11.3 Å². The van der Waals surface area contributed by atoms with Crippen LogP contribution in [0.5, 0.6) is 0 Å². The van der Waals surface area contributed by atoms with Crippen molar-refractivity contribution in [1.82, 2.24) is 0 Å². The third-order valence-corrected chi connectivity index (χ3v) is 0.996. The Morgan fingerprint density at radius 1 is 1.56 bits per heavy atom. The van der Waals surface area contributed by atoms with E-state index in [1.165, 1.54) is 6.07 Å². The van der Waals surface area contributed by atoms with Gasteiger partial charge in [0, 0.05) is 0 Å². The Balaban J connectivity index is 4.62. The zero-order valence-corrected chi connectivity index (χ0v) is 5.99. The molecule has 0 saturated carbocycles. The molecule has 0 aromatic carbocycles. The number of carboxylic acids is 1. The van der Waals surface area contributed by atoms with Gasteiger partial charge in [-0.3, -0.25) is 0 Å². The van der Waals surface area contributed by atoms with Gasteiger partial charge in [0.05, 0.1) is 4.24 Å². The smallest absolute Gasteiger partial charge is 0.348 e. The molecule has 0 aliphatic carbocycles. The number of nitriles is 1. The van der Waals surface area contributed by atoms with Gasteiger partial charge >= 0.3 is 5.97 Å². The van der Waals surface area contributed by atoms with Crippen molar-refractivity contribution in [3.05, 3.63) is 9.81 Å². The Labute approximate surface area is 62.8 Å². The van der Waals surface area contributed by atoms with Crippen molar-refractivity contribution in [2.75, 3.05) is 0 Å². The predicted octanol–water partition coefficient (Wildman–Crippen LogP) is 0.666. The fourth-order valence-electron chi connectivity index (χ4n) is 0.193. The summed E-state index contributed by atoms with van der Waals surface area (Å²) in [6.07, 6.45) is 0. The maximum atomic E-state index is 9.99. The predicted molar refractivity (Wildman–Crippen MR) is 38.2 cm³/mol. The Kier molecular flexibility index (Phi) is 3.20. The van der Waals surface area contributed by atoms with Crippen molar-refractivity contribution in [2.45, 2.75) is 0 Å². The number of aliphatic carboxylic acids is 1. The van der Waals surface area contributed by atoms with E-state index in [1.807, 2.05) is 0 Å². The lowest BCUT2D eigenvalue weighted by Gasteiger charge is -1.87. The van der Waals surface area contributed by atoms with Gasteiger partial charge in [-0.05, 0) is 0 Å². The normalized spacial score (nSPS) is 7.67. The van der Waals surface area contributed by atoms with Crippen LogP contribution in [0.2, 0.25) is 0 Å². The highest BCUT2D eigenvalue weighted by Crippen LogP contribution is 2.11. The van der Waals surface area contributed by atoms with Crippen LogP contribution in [0.3, 0.4) is 0 Å². The Morgan fingerprint density at radius 3 is 2.00 bits per heavy atom. The molecule has 0 rings (SSSR count). The van der Waals surface area contributed by atoms with Gasteiger partial charge < -0.3 is 5.11 Å². The molecule has 0 bridgehead atoms. The molecule has 0 spiro atoms. The second-order valence-corrected chi connectivity index (χ2v) is 2.36. The molecule has 0 atom stereocenters. The third kappa shape index (κ3) is 2.44. The van der Waals surface area contributed by atoms with Gasteiger partial charge in [-0.15, -0.1) is 25.3 Å². The molecule has 1 N–H and O–H groups in total. The van der Waals surface area contributed by atoms with Crippen LogP contribution in [-0.2, 0) is 4.79 Å². The summed E-state index contributed by atoms with van der Waals surface area (Å²) >= 11 is 7.11. The number of hydrogen-bond donors (Lipinski definition) is 3. The van der Waals surface area contributed by atoms with Gasteiger partial charge in [0.15, 0.2) is 5.57 Å². The minimum Gasteiger partial charge on any atom is -0.477 e. The van der Waals surface area contributed by atoms with Gasteiger partial charge in [-0.2, -0.15) is 5.26 Å². The standard InChI is InChI=1S/C4H3NO2S2/c5-1-2(3(6)7)4(8)9/h8-9H,(H,6,7). The molecule has 0 aromatic rings. The summed E-state index contributed by atoms with van der Waals surface area (Å²) in [5.41, 5.74) is -0.443. The molecule has 9 heavy (non-hydrogen) atoms. The Bertz CT molecular complexity index is 199. The zero-order chi connectivity index (χ0) is 7.44. The molecule has 48 valence electrons. The van der Waals surface area contributed by atoms with E-state index in [0.717, 1.165) is 0 Å². The fourth-order valence-corrected chi connectivity index (χ4v) is 0.485.